The first-order valence-corrected chi connectivity index (χ1v) is 7.07. The maximum Gasteiger partial charge on any atom is 0.333 e. The number of aliphatic hydroxyl groups excluding tert-OH is 1. The van der Waals surface area contributed by atoms with Gasteiger partial charge in [0.05, 0.1) is 6.42 Å². The number of rotatable bonds is 7. The third kappa shape index (κ3) is 10.4. The van der Waals surface area contributed by atoms with Gasteiger partial charge in [-0.05, 0) is 5.56 Å². The number of aliphatic carboxylic acids is 2. The van der Waals surface area contributed by atoms with E-state index in [1.165, 1.54) is 5.56 Å². The maximum atomic E-state index is 9.72. The van der Waals surface area contributed by atoms with Gasteiger partial charge in [-0.25, -0.2) is 4.79 Å². The Morgan fingerprint density at radius 2 is 1.80 bits per heavy atom. The van der Waals surface area contributed by atoms with Gasteiger partial charge in [0.1, 0.15) is 0 Å². The Balaban J connectivity index is 0.000000370. The molecule has 0 amide bonds. The van der Waals surface area contributed by atoms with E-state index in [0.717, 1.165) is 18.1 Å². The van der Waals surface area contributed by atoms with Gasteiger partial charge < -0.3 is 21.1 Å². The number of hydrogen-bond acceptors (Lipinski definition) is 5. The summed E-state index contributed by atoms with van der Waals surface area (Å²) >= 11 is 1.88. The molecule has 1 atom stereocenters. The molecule has 1 rings (SSSR count). The number of aliphatic hydroxyl groups is 1. The number of benzene rings is 1. The fourth-order valence-electron chi connectivity index (χ4n) is 1.10. The van der Waals surface area contributed by atoms with Crippen LogP contribution in [0.1, 0.15) is 12.0 Å². The molecule has 0 fully saturated rings. The van der Waals surface area contributed by atoms with E-state index in [1.54, 1.807) is 0 Å². The summed E-state index contributed by atoms with van der Waals surface area (Å²) in [6.45, 7) is 0.775. The molecule has 0 aliphatic carbocycles. The molecule has 0 radical (unpaired) electrons. The average Bonchev–Trinajstić information content (AvgIpc) is 2.40. The van der Waals surface area contributed by atoms with Crippen molar-refractivity contribution in [3.63, 3.8) is 0 Å². The van der Waals surface area contributed by atoms with Gasteiger partial charge in [0, 0.05) is 18.1 Å². The zero-order chi connectivity index (χ0) is 15.4. The predicted octanol–water partition coefficient (Wildman–Crippen LogP) is 0.785. The summed E-state index contributed by atoms with van der Waals surface area (Å²) in [5.41, 5.74) is 6.75. The van der Waals surface area contributed by atoms with Crippen LogP contribution in [0.25, 0.3) is 0 Å². The highest BCUT2D eigenvalue weighted by Crippen LogP contribution is 2.09. The second-order valence-corrected chi connectivity index (χ2v) is 4.88. The molecular formula is C13H19NO5S. The predicted molar refractivity (Wildman–Crippen MR) is 77.6 cm³/mol. The van der Waals surface area contributed by atoms with Crippen molar-refractivity contribution in [1.29, 1.82) is 0 Å². The molecule has 0 aliphatic heterocycles. The number of carboxylic acids is 2. The summed E-state index contributed by atoms with van der Waals surface area (Å²) in [6.07, 6.45) is -2.54. The van der Waals surface area contributed by atoms with Crippen LogP contribution in [-0.2, 0) is 15.3 Å². The first-order chi connectivity index (χ1) is 9.47. The van der Waals surface area contributed by atoms with Gasteiger partial charge >= 0.3 is 11.9 Å². The van der Waals surface area contributed by atoms with Gasteiger partial charge in [-0.1, -0.05) is 30.3 Å². The summed E-state index contributed by atoms with van der Waals surface area (Å²) in [7, 11) is 0. The molecule has 1 aromatic rings. The summed E-state index contributed by atoms with van der Waals surface area (Å²) in [6, 6.07) is 10.5. The van der Waals surface area contributed by atoms with E-state index >= 15 is 0 Å². The highest BCUT2D eigenvalue weighted by atomic mass is 32.2. The highest BCUT2D eigenvalue weighted by molar-refractivity contribution is 7.98. The molecule has 112 valence electrons. The van der Waals surface area contributed by atoms with E-state index in [-0.39, 0.29) is 0 Å². The molecule has 0 aliphatic rings. The molecule has 0 saturated carbocycles. The van der Waals surface area contributed by atoms with E-state index < -0.39 is 24.5 Å². The monoisotopic (exact) mass is 301 g/mol. The van der Waals surface area contributed by atoms with Crippen molar-refractivity contribution >= 4 is 23.7 Å². The normalized spacial score (nSPS) is 11.1. The Morgan fingerprint density at radius 3 is 2.20 bits per heavy atom. The third-order valence-electron chi connectivity index (χ3n) is 2.03. The Labute approximate surface area is 121 Å². The Morgan fingerprint density at radius 1 is 1.20 bits per heavy atom. The summed E-state index contributed by atoms with van der Waals surface area (Å²) in [5, 5.41) is 24.1. The third-order valence-corrected chi connectivity index (χ3v) is 3.09. The molecule has 1 aromatic carbocycles. The van der Waals surface area contributed by atoms with Gasteiger partial charge in [-0.3, -0.25) is 4.79 Å². The quantitative estimate of drug-likeness (QED) is 0.549. The molecule has 7 heteroatoms. The molecule has 1 unspecified atom stereocenters. The van der Waals surface area contributed by atoms with E-state index in [1.807, 2.05) is 17.8 Å². The van der Waals surface area contributed by atoms with Crippen molar-refractivity contribution < 1.29 is 24.9 Å². The molecule has 5 N–H and O–H groups in total. The van der Waals surface area contributed by atoms with Gasteiger partial charge in [-0.15, -0.1) is 0 Å². The Hall–Kier alpha value is -1.57. The molecule has 0 bridgehead atoms. The average molecular weight is 301 g/mol. The fraction of sp³-hybridized carbons (Fsp3) is 0.385. The van der Waals surface area contributed by atoms with Gasteiger partial charge in [0.2, 0.25) is 0 Å². The van der Waals surface area contributed by atoms with Crippen LogP contribution < -0.4 is 5.73 Å². The first kappa shape index (κ1) is 18.4. The minimum atomic E-state index is -1.79. The lowest BCUT2D eigenvalue weighted by molar-refractivity contribution is -0.152. The largest absolute Gasteiger partial charge is 0.481 e. The molecule has 0 aromatic heterocycles. The van der Waals surface area contributed by atoms with Crippen LogP contribution >= 0.6 is 11.8 Å². The molecule has 0 heterocycles. The molecule has 20 heavy (non-hydrogen) atoms. The number of nitrogens with two attached hydrogens (primary N) is 1. The van der Waals surface area contributed by atoms with Crippen LogP contribution in [0.2, 0.25) is 0 Å². The molecule has 6 nitrogen and oxygen atoms in total. The Bertz CT molecular complexity index is 399. The number of hydrogen-bond donors (Lipinski definition) is 4. The van der Waals surface area contributed by atoms with Crippen LogP contribution in [0, 0.1) is 0 Å². The highest BCUT2D eigenvalue weighted by Gasteiger charge is 2.16. The molecule has 0 saturated heterocycles. The second kappa shape index (κ2) is 11.3. The number of carbonyl (C=O) groups is 2. The van der Waals surface area contributed by atoms with Crippen LogP contribution in [0.15, 0.2) is 30.3 Å². The van der Waals surface area contributed by atoms with E-state index in [0.29, 0.717) is 0 Å². The lowest BCUT2D eigenvalue weighted by Crippen LogP contribution is -2.22. The Kier molecular flexibility index (Phi) is 10.4. The molecular weight excluding hydrogens is 282 g/mol. The van der Waals surface area contributed by atoms with Crippen LogP contribution in [0.3, 0.4) is 0 Å². The topological polar surface area (TPSA) is 121 Å². The van der Waals surface area contributed by atoms with Crippen molar-refractivity contribution in [3.05, 3.63) is 35.9 Å². The minimum absolute atomic E-state index is 0.755. The maximum absolute atomic E-state index is 9.72. The summed E-state index contributed by atoms with van der Waals surface area (Å²) in [5.74, 6) is -0.713. The van der Waals surface area contributed by atoms with Crippen LogP contribution in [-0.4, -0.2) is 45.7 Å². The zero-order valence-corrected chi connectivity index (χ0v) is 11.8. The lowest BCUT2D eigenvalue weighted by atomic mass is 10.2. The van der Waals surface area contributed by atoms with Crippen molar-refractivity contribution in [3.8, 4) is 0 Å². The minimum Gasteiger partial charge on any atom is -0.481 e. The van der Waals surface area contributed by atoms with Gasteiger partial charge in [-0.2, -0.15) is 11.8 Å². The summed E-state index contributed by atoms with van der Waals surface area (Å²) in [4.78, 5) is 19.4. The van der Waals surface area contributed by atoms with E-state index in [9.17, 15) is 9.59 Å². The van der Waals surface area contributed by atoms with Gasteiger partial charge in [0.15, 0.2) is 6.10 Å². The van der Waals surface area contributed by atoms with Crippen LogP contribution in [0.4, 0.5) is 0 Å². The van der Waals surface area contributed by atoms with E-state index in [2.05, 4.69) is 24.3 Å². The SMILES string of the molecule is NCCSCc1ccccc1.O=C(O)CC(O)C(=O)O. The molecule has 0 spiro atoms. The van der Waals surface area contributed by atoms with Crippen molar-refractivity contribution in [2.45, 2.75) is 18.3 Å². The summed E-state index contributed by atoms with van der Waals surface area (Å²) < 4.78 is 0. The lowest BCUT2D eigenvalue weighted by Gasteiger charge is -1.98. The van der Waals surface area contributed by atoms with Crippen molar-refractivity contribution in [2.24, 2.45) is 5.73 Å². The second-order valence-electron chi connectivity index (χ2n) is 3.78. The van der Waals surface area contributed by atoms with Crippen molar-refractivity contribution in [1.82, 2.24) is 0 Å². The standard InChI is InChI=1S/C9H13NS.C4H6O5/c10-6-7-11-8-9-4-2-1-3-5-9;5-2(4(8)9)1-3(6)7/h1-5H,6-8,10H2;2,5H,1H2,(H,6,7)(H,8,9). The van der Waals surface area contributed by atoms with Crippen LogP contribution in [0.5, 0.6) is 0 Å². The number of carboxylic acid groups (broad SMARTS) is 2. The van der Waals surface area contributed by atoms with Crippen molar-refractivity contribution in [2.75, 3.05) is 12.3 Å². The fourth-order valence-corrected chi connectivity index (χ4v) is 1.84. The van der Waals surface area contributed by atoms with Gasteiger partial charge in [0.25, 0.3) is 0 Å². The smallest absolute Gasteiger partial charge is 0.333 e. The zero-order valence-electron chi connectivity index (χ0n) is 10.9. The van der Waals surface area contributed by atoms with E-state index in [4.69, 9.17) is 21.1 Å². The number of thioether (sulfide) groups is 1. The first-order valence-electron chi connectivity index (χ1n) is 5.91.